The molecule has 6 rings (SSSR count). The molecule has 1 aromatic heterocycles. The van der Waals surface area contributed by atoms with Crippen molar-refractivity contribution in [3.8, 4) is 28.5 Å². The first-order valence-electron chi connectivity index (χ1n) is 13.9. The maximum absolute atomic E-state index is 14.0. The molecule has 212 valence electrons. The van der Waals surface area contributed by atoms with Crippen LogP contribution in [0.2, 0.25) is 0 Å². The largest absolute Gasteiger partial charge is 0.489 e. The van der Waals surface area contributed by atoms with Gasteiger partial charge in [0, 0.05) is 30.2 Å². The molecular weight excluding hydrogens is 533 g/mol. The zero-order valence-electron chi connectivity index (χ0n) is 23.2. The summed E-state index contributed by atoms with van der Waals surface area (Å²) in [5, 5.41) is 0.920. The Morgan fingerprint density at radius 3 is 2.33 bits per heavy atom. The van der Waals surface area contributed by atoms with Crippen LogP contribution in [0.4, 0.5) is 4.39 Å². The van der Waals surface area contributed by atoms with Crippen LogP contribution in [0.1, 0.15) is 40.2 Å². The number of ether oxygens (including phenoxy) is 4. The molecule has 1 aliphatic heterocycles. The van der Waals surface area contributed by atoms with E-state index in [1.165, 1.54) is 19.2 Å². The average molecular weight is 564 g/mol. The van der Waals surface area contributed by atoms with Gasteiger partial charge in [0.25, 0.3) is 0 Å². The van der Waals surface area contributed by atoms with E-state index in [1.54, 1.807) is 36.4 Å². The Balaban J connectivity index is 1.48. The summed E-state index contributed by atoms with van der Waals surface area (Å²) in [4.78, 5) is 17.0. The van der Waals surface area contributed by atoms with Gasteiger partial charge in [-0.2, -0.15) is 0 Å². The molecule has 0 bridgehead atoms. The van der Waals surface area contributed by atoms with Crippen LogP contribution in [-0.4, -0.2) is 31.3 Å². The first-order valence-corrected chi connectivity index (χ1v) is 13.9. The maximum Gasteiger partial charge on any atom is 0.337 e. The molecule has 1 aliphatic rings. The van der Waals surface area contributed by atoms with E-state index in [1.807, 2.05) is 48.5 Å². The van der Waals surface area contributed by atoms with Crippen molar-refractivity contribution < 1.29 is 28.1 Å². The Hall–Kier alpha value is -4.75. The standard InChI is InChI=1S/C35H30FNO5/c1-39-35(38)26-9-13-28(14-10-26)42-34-33(25-17-19-40-20-18-25)32(24-7-11-27(36)12-8-24)30-16-15-29(21-31(30)37-34)41-22-23-5-3-2-4-6-23/h2-16,21,25H,17-20,22H2,1H3. The quantitative estimate of drug-likeness (QED) is 0.178. The number of nitrogens with zero attached hydrogens (tertiary/aromatic N) is 1. The van der Waals surface area contributed by atoms with Crippen LogP contribution in [0.15, 0.2) is 97.1 Å². The highest BCUT2D eigenvalue weighted by molar-refractivity contribution is 5.98. The summed E-state index contributed by atoms with van der Waals surface area (Å²) in [7, 11) is 1.35. The smallest absolute Gasteiger partial charge is 0.337 e. The Morgan fingerprint density at radius 1 is 0.905 bits per heavy atom. The van der Waals surface area contributed by atoms with E-state index < -0.39 is 5.97 Å². The zero-order chi connectivity index (χ0) is 28.9. The summed E-state index contributed by atoms with van der Waals surface area (Å²) in [6, 6.07) is 29.1. The van der Waals surface area contributed by atoms with Gasteiger partial charge in [0.1, 0.15) is 23.9 Å². The van der Waals surface area contributed by atoms with Crippen molar-refractivity contribution >= 4 is 16.9 Å². The van der Waals surface area contributed by atoms with Crippen LogP contribution in [0, 0.1) is 5.82 Å². The van der Waals surface area contributed by atoms with Gasteiger partial charge in [-0.05, 0) is 84.0 Å². The molecule has 1 saturated heterocycles. The van der Waals surface area contributed by atoms with Crippen LogP contribution in [0.25, 0.3) is 22.0 Å². The lowest BCUT2D eigenvalue weighted by molar-refractivity contribution is 0.0600. The van der Waals surface area contributed by atoms with Crippen molar-refractivity contribution in [3.05, 3.63) is 120 Å². The molecule has 5 aromatic rings. The summed E-state index contributed by atoms with van der Waals surface area (Å²) in [6.07, 6.45) is 1.61. The van der Waals surface area contributed by atoms with Crippen LogP contribution in [0.5, 0.6) is 17.4 Å². The summed E-state index contributed by atoms with van der Waals surface area (Å²) < 4.78 is 37.1. The molecule has 0 unspecified atom stereocenters. The van der Waals surface area contributed by atoms with E-state index >= 15 is 0 Å². The fourth-order valence-corrected chi connectivity index (χ4v) is 5.33. The van der Waals surface area contributed by atoms with Crippen molar-refractivity contribution in [1.29, 1.82) is 0 Å². The highest BCUT2D eigenvalue weighted by atomic mass is 19.1. The summed E-state index contributed by atoms with van der Waals surface area (Å²) >= 11 is 0. The number of carbonyl (C=O) groups is 1. The Labute approximate surface area is 243 Å². The van der Waals surface area contributed by atoms with Crippen molar-refractivity contribution in [1.82, 2.24) is 4.98 Å². The third-order valence-electron chi connectivity index (χ3n) is 7.46. The molecular formula is C35H30FNO5. The highest BCUT2D eigenvalue weighted by Crippen LogP contribution is 2.45. The monoisotopic (exact) mass is 563 g/mol. The van der Waals surface area contributed by atoms with Crippen molar-refractivity contribution in [2.75, 3.05) is 20.3 Å². The van der Waals surface area contributed by atoms with Gasteiger partial charge in [-0.3, -0.25) is 0 Å². The summed E-state index contributed by atoms with van der Waals surface area (Å²) in [5.74, 6) is 1.06. The molecule has 0 radical (unpaired) electrons. The molecule has 0 spiro atoms. The van der Waals surface area contributed by atoms with Gasteiger partial charge in [-0.15, -0.1) is 0 Å². The number of esters is 1. The van der Waals surface area contributed by atoms with E-state index in [0.29, 0.717) is 48.3 Å². The number of aromatic nitrogens is 1. The van der Waals surface area contributed by atoms with Crippen LogP contribution in [0.3, 0.4) is 0 Å². The molecule has 0 N–H and O–H groups in total. The van der Waals surface area contributed by atoms with Crippen molar-refractivity contribution in [2.45, 2.75) is 25.4 Å². The molecule has 42 heavy (non-hydrogen) atoms. The van der Waals surface area contributed by atoms with Gasteiger partial charge in [0.05, 0.1) is 18.2 Å². The molecule has 2 heterocycles. The van der Waals surface area contributed by atoms with E-state index in [-0.39, 0.29) is 11.7 Å². The number of hydrogen-bond donors (Lipinski definition) is 0. The zero-order valence-corrected chi connectivity index (χ0v) is 23.2. The topological polar surface area (TPSA) is 66.9 Å². The van der Waals surface area contributed by atoms with Gasteiger partial charge in [-0.25, -0.2) is 14.2 Å². The van der Waals surface area contributed by atoms with E-state index in [0.717, 1.165) is 40.5 Å². The van der Waals surface area contributed by atoms with Crippen LogP contribution in [-0.2, 0) is 16.1 Å². The average Bonchev–Trinajstić information content (AvgIpc) is 3.04. The number of carbonyl (C=O) groups excluding carboxylic acids is 1. The molecule has 0 atom stereocenters. The number of fused-ring (bicyclic) bond motifs is 1. The SMILES string of the molecule is COC(=O)c1ccc(Oc2nc3cc(OCc4ccccc4)ccc3c(-c3ccc(F)cc3)c2C2CCOCC2)cc1. The molecule has 1 fully saturated rings. The summed E-state index contributed by atoms with van der Waals surface area (Å²) in [5.41, 5.74) is 4.95. The number of pyridine rings is 1. The molecule has 7 heteroatoms. The lowest BCUT2D eigenvalue weighted by Gasteiger charge is -2.27. The Morgan fingerprint density at radius 2 is 1.62 bits per heavy atom. The number of benzene rings is 4. The minimum Gasteiger partial charge on any atom is -0.489 e. The predicted octanol–water partition coefficient (Wildman–Crippen LogP) is 8.09. The van der Waals surface area contributed by atoms with Gasteiger partial charge < -0.3 is 18.9 Å². The highest BCUT2D eigenvalue weighted by Gasteiger charge is 2.27. The third kappa shape index (κ3) is 5.97. The predicted molar refractivity (Wildman–Crippen MR) is 159 cm³/mol. The lowest BCUT2D eigenvalue weighted by atomic mass is 9.84. The van der Waals surface area contributed by atoms with Gasteiger partial charge in [0.2, 0.25) is 5.88 Å². The van der Waals surface area contributed by atoms with Crippen molar-refractivity contribution in [2.24, 2.45) is 0 Å². The Bertz CT molecular complexity index is 1680. The second-order valence-electron chi connectivity index (χ2n) is 10.2. The van der Waals surface area contributed by atoms with E-state index in [9.17, 15) is 9.18 Å². The van der Waals surface area contributed by atoms with E-state index in [4.69, 9.17) is 23.9 Å². The van der Waals surface area contributed by atoms with Gasteiger partial charge in [0.15, 0.2) is 0 Å². The number of methoxy groups -OCH3 is 1. The van der Waals surface area contributed by atoms with Crippen LogP contribution >= 0.6 is 0 Å². The second-order valence-corrected chi connectivity index (χ2v) is 10.2. The van der Waals surface area contributed by atoms with Crippen molar-refractivity contribution in [3.63, 3.8) is 0 Å². The molecule has 4 aromatic carbocycles. The lowest BCUT2D eigenvalue weighted by Crippen LogP contribution is -2.16. The third-order valence-corrected chi connectivity index (χ3v) is 7.46. The second kappa shape index (κ2) is 12.4. The number of hydrogen-bond acceptors (Lipinski definition) is 6. The fraction of sp³-hybridized carbons (Fsp3) is 0.200. The minimum absolute atomic E-state index is 0.119. The first kappa shape index (κ1) is 27.4. The van der Waals surface area contributed by atoms with Crippen LogP contribution < -0.4 is 9.47 Å². The molecule has 0 saturated carbocycles. The minimum atomic E-state index is -0.421. The molecule has 6 nitrogen and oxygen atoms in total. The number of rotatable bonds is 8. The van der Waals surface area contributed by atoms with Gasteiger partial charge >= 0.3 is 5.97 Å². The normalized spacial score (nSPS) is 13.6. The van der Waals surface area contributed by atoms with Gasteiger partial charge in [-0.1, -0.05) is 42.5 Å². The maximum atomic E-state index is 14.0. The Kier molecular flexibility index (Phi) is 8.10. The molecule has 0 amide bonds. The first-order chi connectivity index (χ1) is 20.6. The fourth-order valence-electron chi connectivity index (χ4n) is 5.33. The molecule has 0 aliphatic carbocycles. The summed E-state index contributed by atoms with van der Waals surface area (Å²) in [6.45, 7) is 1.68. The van der Waals surface area contributed by atoms with E-state index in [2.05, 4.69) is 0 Å². The number of halogens is 1.